The summed E-state index contributed by atoms with van der Waals surface area (Å²) in [6, 6.07) is 3.74. The fourth-order valence-electron chi connectivity index (χ4n) is 1.86. The van der Waals surface area contributed by atoms with Gasteiger partial charge in [0.1, 0.15) is 5.82 Å². The Morgan fingerprint density at radius 3 is 2.75 bits per heavy atom. The van der Waals surface area contributed by atoms with Crippen molar-refractivity contribution in [2.24, 2.45) is 0 Å². The zero-order chi connectivity index (χ0) is 14.6. The summed E-state index contributed by atoms with van der Waals surface area (Å²) in [5.74, 6) is 0.820. The Kier molecular flexibility index (Phi) is 4.16. The maximum Gasteiger partial charge on any atom is 0.418 e. The number of nitrogens with zero attached hydrogens (tertiary/aromatic N) is 1. The molecule has 0 saturated heterocycles. The van der Waals surface area contributed by atoms with Gasteiger partial charge < -0.3 is 16.0 Å². The molecule has 2 aromatic rings. The van der Waals surface area contributed by atoms with Crippen molar-refractivity contribution in [2.75, 3.05) is 17.6 Å². The van der Waals surface area contributed by atoms with E-state index in [0.29, 0.717) is 19.4 Å². The highest BCUT2D eigenvalue weighted by Crippen LogP contribution is 2.35. The van der Waals surface area contributed by atoms with Crippen LogP contribution in [0.3, 0.4) is 0 Å². The Labute approximate surface area is 114 Å². The van der Waals surface area contributed by atoms with Crippen LogP contribution in [-0.2, 0) is 12.6 Å². The van der Waals surface area contributed by atoms with Crippen LogP contribution in [0.5, 0.6) is 0 Å². The minimum absolute atomic E-state index is 0.0474. The van der Waals surface area contributed by atoms with Crippen LogP contribution in [0.25, 0.3) is 0 Å². The van der Waals surface area contributed by atoms with Crippen molar-refractivity contribution in [1.29, 1.82) is 0 Å². The monoisotopic (exact) mass is 284 g/mol. The Morgan fingerprint density at radius 2 is 2.10 bits per heavy atom. The molecule has 4 nitrogen and oxygen atoms in total. The largest absolute Gasteiger partial charge is 0.418 e. The molecule has 0 atom stereocenters. The third kappa shape index (κ3) is 3.66. The Balaban J connectivity index is 1.95. The van der Waals surface area contributed by atoms with Gasteiger partial charge in [0.05, 0.1) is 5.56 Å². The second-order valence-electron chi connectivity index (χ2n) is 4.37. The van der Waals surface area contributed by atoms with Crippen LogP contribution in [0, 0.1) is 0 Å². The summed E-state index contributed by atoms with van der Waals surface area (Å²) in [5.41, 5.74) is 4.81. The second kappa shape index (κ2) is 5.85. The third-order valence-corrected chi connectivity index (χ3v) is 2.81. The molecule has 20 heavy (non-hydrogen) atoms. The molecule has 0 aliphatic rings. The zero-order valence-electron chi connectivity index (χ0n) is 10.7. The number of aromatic amines is 1. The first-order valence-corrected chi connectivity index (χ1v) is 6.15. The van der Waals surface area contributed by atoms with E-state index in [0.717, 1.165) is 11.9 Å². The number of H-pyrrole nitrogens is 1. The molecule has 1 aromatic heterocycles. The van der Waals surface area contributed by atoms with E-state index in [9.17, 15) is 13.2 Å². The number of hydrogen-bond donors (Lipinski definition) is 3. The van der Waals surface area contributed by atoms with Crippen molar-refractivity contribution in [3.8, 4) is 0 Å². The number of halogens is 3. The standard InChI is InChI=1S/C13H15F3N4/c14-13(15,16)10-8-9(17)3-4-11(10)18-5-1-2-12-19-6-7-20-12/h3-4,6-8,18H,1-2,5,17H2,(H,19,20). The molecule has 0 aliphatic carbocycles. The average Bonchev–Trinajstić information content (AvgIpc) is 2.88. The number of imidazole rings is 1. The summed E-state index contributed by atoms with van der Waals surface area (Å²) in [4.78, 5) is 6.99. The van der Waals surface area contributed by atoms with Crippen LogP contribution in [-0.4, -0.2) is 16.5 Å². The van der Waals surface area contributed by atoms with Gasteiger partial charge in [0, 0.05) is 36.7 Å². The molecule has 108 valence electrons. The zero-order valence-corrected chi connectivity index (χ0v) is 10.7. The lowest BCUT2D eigenvalue weighted by Crippen LogP contribution is -2.12. The van der Waals surface area contributed by atoms with Crippen LogP contribution < -0.4 is 11.1 Å². The van der Waals surface area contributed by atoms with E-state index >= 15 is 0 Å². The lowest BCUT2D eigenvalue weighted by molar-refractivity contribution is -0.136. The van der Waals surface area contributed by atoms with Gasteiger partial charge in [0.2, 0.25) is 0 Å². The van der Waals surface area contributed by atoms with Gasteiger partial charge in [-0.15, -0.1) is 0 Å². The van der Waals surface area contributed by atoms with Gasteiger partial charge in [-0.2, -0.15) is 13.2 Å². The van der Waals surface area contributed by atoms with E-state index in [1.165, 1.54) is 12.1 Å². The molecule has 0 saturated carbocycles. The fraction of sp³-hybridized carbons (Fsp3) is 0.308. The summed E-state index contributed by atoms with van der Waals surface area (Å²) in [6.07, 6.45) is 0.291. The highest BCUT2D eigenvalue weighted by Gasteiger charge is 2.33. The van der Waals surface area contributed by atoms with Crippen molar-refractivity contribution in [3.63, 3.8) is 0 Å². The average molecular weight is 284 g/mol. The summed E-state index contributed by atoms with van der Waals surface area (Å²) in [7, 11) is 0. The first kappa shape index (κ1) is 14.2. The minimum atomic E-state index is -4.42. The summed E-state index contributed by atoms with van der Waals surface area (Å²) < 4.78 is 38.6. The van der Waals surface area contributed by atoms with Crippen LogP contribution in [0.4, 0.5) is 24.5 Å². The predicted molar refractivity (Wildman–Crippen MR) is 71.3 cm³/mol. The van der Waals surface area contributed by atoms with E-state index in [2.05, 4.69) is 15.3 Å². The SMILES string of the molecule is Nc1ccc(NCCCc2ncc[nH]2)c(C(F)(F)F)c1. The van der Waals surface area contributed by atoms with Gasteiger partial charge in [0.15, 0.2) is 0 Å². The molecular formula is C13H15F3N4. The van der Waals surface area contributed by atoms with Gasteiger partial charge in [-0.05, 0) is 24.6 Å². The molecule has 1 aromatic carbocycles. The van der Waals surface area contributed by atoms with Gasteiger partial charge in [-0.1, -0.05) is 0 Å². The summed E-state index contributed by atoms with van der Waals surface area (Å²) >= 11 is 0. The molecule has 0 bridgehead atoms. The predicted octanol–water partition coefficient (Wildman–Crippen LogP) is 3.06. The second-order valence-corrected chi connectivity index (χ2v) is 4.37. The third-order valence-electron chi connectivity index (χ3n) is 2.81. The van der Waals surface area contributed by atoms with Crippen LogP contribution in [0.2, 0.25) is 0 Å². The lowest BCUT2D eigenvalue weighted by Gasteiger charge is -2.15. The van der Waals surface area contributed by atoms with Gasteiger partial charge in [-0.3, -0.25) is 0 Å². The lowest BCUT2D eigenvalue weighted by atomic mass is 10.1. The van der Waals surface area contributed by atoms with E-state index in [4.69, 9.17) is 5.73 Å². The van der Waals surface area contributed by atoms with E-state index < -0.39 is 11.7 Å². The molecule has 0 unspecified atom stereocenters. The summed E-state index contributed by atoms with van der Waals surface area (Å²) in [6.45, 7) is 0.424. The number of nitrogen functional groups attached to an aromatic ring is 1. The molecule has 0 radical (unpaired) electrons. The first-order valence-electron chi connectivity index (χ1n) is 6.15. The highest BCUT2D eigenvalue weighted by atomic mass is 19.4. The number of rotatable bonds is 5. The number of nitrogens with one attached hydrogen (secondary N) is 2. The van der Waals surface area contributed by atoms with E-state index in [1.807, 2.05) is 0 Å². The number of anilines is 2. The highest BCUT2D eigenvalue weighted by molar-refractivity contribution is 5.59. The number of benzene rings is 1. The topological polar surface area (TPSA) is 66.7 Å². The normalized spacial score (nSPS) is 11.6. The Hall–Kier alpha value is -2.18. The van der Waals surface area contributed by atoms with Gasteiger partial charge >= 0.3 is 6.18 Å². The maximum absolute atomic E-state index is 12.9. The number of aromatic nitrogens is 2. The summed E-state index contributed by atoms with van der Waals surface area (Å²) in [5, 5.41) is 2.79. The number of nitrogens with two attached hydrogens (primary N) is 1. The molecule has 0 amide bonds. The fourth-order valence-corrected chi connectivity index (χ4v) is 1.86. The van der Waals surface area contributed by atoms with Crippen LogP contribution in [0.1, 0.15) is 17.8 Å². The molecule has 0 fully saturated rings. The molecule has 0 spiro atoms. The Morgan fingerprint density at radius 1 is 1.30 bits per heavy atom. The molecular weight excluding hydrogens is 269 g/mol. The van der Waals surface area contributed by atoms with Crippen LogP contribution >= 0.6 is 0 Å². The van der Waals surface area contributed by atoms with Crippen molar-refractivity contribution in [2.45, 2.75) is 19.0 Å². The molecule has 2 rings (SSSR count). The van der Waals surface area contributed by atoms with Crippen LogP contribution in [0.15, 0.2) is 30.6 Å². The van der Waals surface area contributed by atoms with Crippen molar-refractivity contribution in [1.82, 2.24) is 9.97 Å². The smallest absolute Gasteiger partial charge is 0.399 e. The minimum Gasteiger partial charge on any atom is -0.399 e. The van der Waals surface area contributed by atoms with E-state index in [1.54, 1.807) is 12.4 Å². The molecule has 0 aliphatic heterocycles. The van der Waals surface area contributed by atoms with E-state index in [-0.39, 0.29) is 11.4 Å². The Bertz CT molecular complexity index is 549. The molecule has 7 heteroatoms. The number of alkyl halides is 3. The maximum atomic E-state index is 12.9. The number of aryl methyl sites for hydroxylation is 1. The van der Waals surface area contributed by atoms with Crippen molar-refractivity contribution >= 4 is 11.4 Å². The molecule has 1 heterocycles. The van der Waals surface area contributed by atoms with Gasteiger partial charge in [-0.25, -0.2) is 4.98 Å². The first-order chi connectivity index (χ1) is 9.47. The number of hydrogen-bond acceptors (Lipinski definition) is 3. The van der Waals surface area contributed by atoms with Crippen molar-refractivity contribution < 1.29 is 13.2 Å². The molecule has 4 N–H and O–H groups in total. The quantitative estimate of drug-likeness (QED) is 0.584. The van der Waals surface area contributed by atoms with Gasteiger partial charge in [0.25, 0.3) is 0 Å². The van der Waals surface area contributed by atoms with Crippen molar-refractivity contribution in [3.05, 3.63) is 42.0 Å².